The first kappa shape index (κ1) is 13.7. The van der Waals surface area contributed by atoms with Crippen LogP contribution in [0.1, 0.15) is 6.42 Å². The number of hydrogen-bond acceptors (Lipinski definition) is 3. The average molecular weight is 230 g/mol. The van der Waals surface area contributed by atoms with Crippen LogP contribution in [0.25, 0.3) is 0 Å². The van der Waals surface area contributed by atoms with E-state index >= 15 is 0 Å². The van der Waals surface area contributed by atoms with Gasteiger partial charge in [0.1, 0.15) is 0 Å². The highest BCUT2D eigenvalue weighted by atomic mass is 19.4. The number of carbonyl (C=O) groups is 2. The number of rotatable bonds is 1. The van der Waals surface area contributed by atoms with Gasteiger partial charge in [0.15, 0.2) is 0 Å². The van der Waals surface area contributed by atoms with Crippen LogP contribution in [0, 0.1) is 5.92 Å². The zero-order valence-corrected chi connectivity index (χ0v) is 7.45. The summed E-state index contributed by atoms with van der Waals surface area (Å²) in [6.45, 7) is 1.01. The van der Waals surface area contributed by atoms with Crippen molar-refractivity contribution in [2.24, 2.45) is 5.92 Å². The molecular weight excluding hydrogens is 221 g/mol. The maximum Gasteiger partial charge on any atom is 0.490 e. The smallest absolute Gasteiger partial charge is 0.481 e. The van der Waals surface area contributed by atoms with Crippen LogP contribution < -0.4 is 0 Å². The third kappa shape index (κ3) is 5.89. The van der Waals surface area contributed by atoms with E-state index in [1.165, 1.54) is 0 Å². The predicted octanol–water partition coefficient (Wildman–Crippen LogP) is 0.741. The second-order valence-electron chi connectivity index (χ2n) is 2.70. The zero-order chi connectivity index (χ0) is 12.1. The summed E-state index contributed by atoms with van der Waals surface area (Å²) in [5.74, 6) is -3.73. The first-order chi connectivity index (χ1) is 6.75. The molecule has 1 saturated heterocycles. The maximum absolute atomic E-state index is 10.6. The predicted molar refractivity (Wildman–Crippen MR) is 40.3 cm³/mol. The number of carboxylic acid groups (broad SMARTS) is 2. The third-order valence-corrected chi connectivity index (χ3v) is 1.52. The summed E-state index contributed by atoms with van der Waals surface area (Å²) in [5, 5.41) is 15.5. The number of halogens is 3. The normalized spacial score (nSPS) is 20.3. The number of alkyl halides is 3. The summed E-state index contributed by atoms with van der Waals surface area (Å²) >= 11 is 0. The SMILES string of the molecule is O=C(O)C(F)(F)F.O=C(O)[C@@H]1CCOC1. The second-order valence-corrected chi connectivity index (χ2v) is 2.70. The molecule has 0 aliphatic carbocycles. The minimum absolute atomic E-state index is 0.241. The Labute approximate surface area is 82.5 Å². The zero-order valence-electron chi connectivity index (χ0n) is 7.45. The first-order valence-electron chi connectivity index (χ1n) is 3.85. The van der Waals surface area contributed by atoms with Crippen LogP contribution in [0.3, 0.4) is 0 Å². The van der Waals surface area contributed by atoms with Crippen molar-refractivity contribution in [3.05, 3.63) is 0 Å². The molecule has 15 heavy (non-hydrogen) atoms. The quantitative estimate of drug-likeness (QED) is 0.694. The van der Waals surface area contributed by atoms with Crippen LogP contribution in [0.2, 0.25) is 0 Å². The Balaban J connectivity index is 0.000000265. The highest BCUT2D eigenvalue weighted by Gasteiger charge is 2.38. The van der Waals surface area contributed by atoms with E-state index in [0.29, 0.717) is 19.6 Å². The van der Waals surface area contributed by atoms with Crippen molar-refractivity contribution in [1.29, 1.82) is 0 Å². The lowest BCUT2D eigenvalue weighted by atomic mass is 10.1. The third-order valence-electron chi connectivity index (χ3n) is 1.52. The molecule has 1 atom stereocenters. The second kappa shape index (κ2) is 5.54. The highest BCUT2D eigenvalue weighted by molar-refractivity contribution is 5.73. The van der Waals surface area contributed by atoms with Gasteiger partial charge in [0.05, 0.1) is 12.5 Å². The minimum Gasteiger partial charge on any atom is -0.481 e. The molecule has 0 spiro atoms. The Morgan fingerprint density at radius 1 is 1.27 bits per heavy atom. The summed E-state index contributed by atoms with van der Waals surface area (Å²) < 4.78 is 36.6. The number of ether oxygens (including phenoxy) is 1. The molecule has 0 bridgehead atoms. The fourth-order valence-electron chi connectivity index (χ4n) is 0.729. The number of hydrogen-bond donors (Lipinski definition) is 2. The lowest BCUT2D eigenvalue weighted by Crippen LogP contribution is -2.21. The van der Waals surface area contributed by atoms with Gasteiger partial charge in [-0.05, 0) is 6.42 Å². The van der Waals surface area contributed by atoms with Crippen LogP contribution in [0.5, 0.6) is 0 Å². The molecule has 0 aromatic carbocycles. The Morgan fingerprint density at radius 3 is 1.87 bits per heavy atom. The van der Waals surface area contributed by atoms with Crippen LogP contribution >= 0.6 is 0 Å². The molecule has 8 heteroatoms. The van der Waals surface area contributed by atoms with Crippen molar-refractivity contribution < 1.29 is 37.7 Å². The molecule has 0 aromatic heterocycles. The minimum atomic E-state index is -5.08. The van der Waals surface area contributed by atoms with Crippen LogP contribution in [0.15, 0.2) is 0 Å². The van der Waals surface area contributed by atoms with Gasteiger partial charge in [-0.25, -0.2) is 4.79 Å². The van der Waals surface area contributed by atoms with E-state index in [4.69, 9.17) is 19.7 Å². The van der Waals surface area contributed by atoms with E-state index in [2.05, 4.69) is 0 Å². The average Bonchev–Trinajstić information content (AvgIpc) is 2.54. The van der Waals surface area contributed by atoms with Gasteiger partial charge in [0.25, 0.3) is 0 Å². The van der Waals surface area contributed by atoms with Gasteiger partial charge in [-0.2, -0.15) is 13.2 Å². The lowest BCUT2D eigenvalue weighted by Gasteiger charge is -1.95. The van der Waals surface area contributed by atoms with Gasteiger partial charge in [0.2, 0.25) is 0 Å². The fourth-order valence-corrected chi connectivity index (χ4v) is 0.729. The van der Waals surface area contributed by atoms with Crippen molar-refractivity contribution in [1.82, 2.24) is 0 Å². The van der Waals surface area contributed by atoms with Gasteiger partial charge >= 0.3 is 18.1 Å². The first-order valence-corrected chi connectivity index (χ1v) is 3.85. The fraction of sp³-hybridized carbons (Fsp3) is 0.714. The summed E-state index contributed by atoms with van der Waals surface area (Å²) in [4.78, 5) is 19.0. The summed E-state index contributed by atoms with van der Waals surface area (Å²) in [7, 11) is 0. The molecule has 1 rings (SSSR count). The monoisotopic (exact) mass is 230 g/mol. The van der Waals surface area contributed by atoms with Crippen molar-refractivity contribution >= 4 is 11.9 Å². The molecule has 0 amide bonds. The Bertz CT molecular complexity index is 231. The molecule has 88 valence electrons. The molecule has 5 nitrogen and oxygen atoms in total. The number of carboxylic acids is 2. The van der Waals surface area contributed by atoms with Crippen LogP contribution in [-0.4, -0.2) is 41.5 Å². The van der Waals surface area contributed by atoms with Crippen LogP contribution in [-0.2, 0) is 14.3 Å². The van der Waals surface area contributed by atoms with E-state index in [1.54, 1.807) is 0 Å². The molecule has 0 aromatic rings. The molecule has 0 saturated carbocycles. The Morgan fingerprint density at radius 2 is 1.73 bits per heavy atom. The van der Waals surface area contributed by atoms with E-state index in [9.17, 15) is 18.0 Å². The topological polar surface area (TPSA) is 83.8 Å². The summed E-state index contributed by atoms with van der Waals surface area (Å²) in [6.07, 6.45) is -4.41. The molecule has 0 radical (unpaired) electrons. The number of aliphatic carboxylic acids is 2. The molecule has 2 N–H and O–H groups in total. The Hall–Kier alpha value is -1.31. The van der Waals surface area contributed by atoms with Gasteiger partial charge in [0, 0.05) is 6.61 Å². The van der Waals surface area contributed by atoms with Gasteiger partial charge in [-0.1, -0.05) is 0 Å². The Kier molecular flexibility index (Phi) is 5.06. The van der Waals surface area contributed by atoms with E-state index in [-0.39, 0.29) is 5.92 Å². The lowest BCUT2D eigenvalue weighted by molar-refractivity contribution is -0.192. The molecular formula is C7H9F3O5. The van der Waals surface area contributed by atoms with E-state index in [0.717, 1.165) is 0 Å². The van der Waals surface area contributed by atoms with Crippen molar-refractivity contribution in [3.63, 3.8) is 0 Å². The molecule has 1 aliphatic rings. The van der Waals surface area contributed by atoms with Crippen molar-refractivity contribution in [3.8, 4) is 0 Å². The van der Waals surface area contributed by atoms with Crippen molar-refractivity contribution in [2.75, 3.05) is 13.2 Å². The van der Waals surface area contributed by atoms with Crippen LogP contribution in [0.4, 0.5) is 13.2 Å². The molecule has 1 heterocycles. The van der Waals surface area contributed by atoms with E-state index < -0.39 is 18.1 Å². The van der Waals surface area contributed by atoms with Gasteiger partial charge in [-0.3, -0.25) is 4.79 Å². The summed E-state index contributed by atoms with van der Waals surface area (Å²) in [6, 6.07) is 0. The summed E-state index contributed by atoms with van der Waals surface area (Å²) in [5.41, 5.74) is 0. The van der Waals surface area contributed by atoms with E-state index in [1.807, 2.05) is 0 Å². The standard InChI is InChI=1S/C5H8O3.C2HF3O2/c6-5(7)4-1-2-8-3-4;3-2(4,5)1(6)7/h4H,1-3H2,(H,6,7);(H,6,7)/t4-;/m1./s1. The van der Waals surface area contributed by atoms with Crippen molar-refractivity contribution in [2.45, 2.75) is 12.6 Å². The van der Waals surface area contributed by atoms with Gasteiger partial charge in [-0.15, -0.1) is 0 Å². The molecule has 0 unspecified atom stereocenters. The highest BCUT2D eigenvalue weighted by Crippen LogP contribution is 2.13. The molecule has 1 fully saturated rings. The van der Waals surface area contributed by atoms with Gasteiger partial charge < -0.3 is 14.9 Å². The molecule has 1 aliphatic heterocycles. The maximum atomic E-state index is 10.6. The largest absolute Gasteiger partial charge is 0.490 e.